The summed E-state index contributed by atoms with van der Waals surface area (Å²) in [5, 5.41) is 3.41. The highest BCUT2D eigenvalue weighted by Crippen LogP contribution is 2.30. The molecule has 1 fully saturated rings. The Hall–Kier alpha value is -0.430. The first-order valence-corrected chi connectivity index (χ1v) is 9.08. The van der Waals surface area contributed by atoms with Crippen LogP contribution in [0.5, 0.6) is 0 Å². The fourth-order valence-electron chi connectivity index (χ4n) is 2.55. The average molecular weight is 361 g/mol. The van der Waals surface area contributed by atoms with Crippen LogP contribution in [-0.4, -0.2) is 27.5 Å². The molecule has 1 aromatic rings. The van der Waals surface area contributed by atoms with E-state index in [4.69, 9.17) is 0 Å². The molecule has 1 heterocycles. The van der Waals surface area contributed by atoms with Gasteiger partial charge in [-0.15, -0.1) is 0 Å². The van der Waals surface area contributed by atoms with Gasteiger partial charge in [-0.2, -0.15) is 0 Å². The van der Waals surface area contributed by atoms with E-state index in [1.807, 2.05) is 0 Å². The largest absolute Gasteiger partial charge is 0.312 e. The van der Waals surface area contributed by atoms with Gasteiger partial charge in [0.15, 0.2) is 0 Å². The van der Waals surface area contributed by atoms with E-state index in [0.717, 1.165) is 19.4 Å². The Bertz CT molecular complexity index is 572. The molecule has 1 saturated heterocycles. The maximum atomic E-state index is 12.3. The first-order chi connectivity index (χ1) is 9.33. The lowest BCUT2D eigenvalue weighted by Gasteiger charge is -2.39. The molecule has 0 radical (unpaired) electrons. The van der Waals surface area contributed by atoms with E-state index in [9.17, 15) is 8.42 Å². The number of benzene rings is 1. The maximum absolute atomic E-state index is 12.3. The Morgan fingerprint density at radius 1 is 1.40 bits per heavy atom. The number of rotatable bonds is 4. The number of sulfonamides is 1. The van der Waals surface area contributed by atoms with Crippen LogP contribution in [0.15, 0.2) is 33.6 Å². The number of nitrogens with one attached hydrogen (secondary N) is 2. The second kappa shape index (κ2) is 6.13. The molecule has 2 rings (SSSR count). The van der Waals surface area contributed by atoms with E-state index >= 15 is 0 Å². The first-order valence-electron chi connectivity index (χ1n) is 6.80. The third-order valence-corrected chi connectivity index (χ3v) is 6.37. The molecule has 20 heavy (non-hydrogen) atoms. The van der Waals surface area contributed by atoms with E-state index < -0.39 is 10.0 Å². The quantitative estimate of drug-likeness (QED) is 0.867. The predicted octanol–water partition coefficient (Wildman–Crippen LogP) is 2.51. The minimum Gasteiger partial charge on any atom is -0.312 e. The smallest absolute Gasteiger partial charge is 0.241 e. The molecule has 0 spiro atoms. The summed E-state index contributed by atoms with van der Waals surface area (Å²) in [6.07, 6.45) is 2.25. The summed E-state index contributed by atoms with van der Waals surface area (Å²) in [4.78, 5) is 0.286. The summed E-state index contributed by atoms with van der Waals surface area (Å²) in [5.41, 5.74) is 0.106. The zero-order valence-corrected chi connectivity index (χ0v) is 14.2. The van der Waals surface area contributed by atoms with Gasteiger partial charge in [-0.05, 0) is 52.9 Å². The van der Waals surface area contributed by atoms with E-state index in [-0.39, 0.29) is 16.4 Å². The van der Waals surface area contributed by atoms with Crippen LogP contribution in [0.2, 0.25) is 0 Å². The molecule has 1 atom stereocenters. The van der Waals surface area contributed by atoms with Gasteiger partial charge in [0.2, 0.25) is 10.0 Å². The van der Waals surface area contributed by atoms with Gasteiger partial charge in [-0.3, -0.25) is 0 Å². The number of piperidine rings is 1. The molecule has 0 bridgehead atoms. The lowest BCUT2D eigenvalue weighted by molar-refractivity contribution is 0.181. The summed E-state index contributed by atoms with van der Waals surface area (Å²) >= 11 is 3.29. The van der Waals surface area contributed by atoms with Gasteiger partial charge in [0, 0.05) is 17.1 Å². The summed E-state index contributed by atoms with van der Waals surface area (Å²) in [7, 11) is -3.48. The van der Waals surface area contributed by atoms with Crippen molar-refractivity contribution < 1.29 is 8.42 Å². The minimum absolute atomic E-state index is 0.106. The molecule has 112 valence electrons. The summed E-state index contributed by atoms with van der Waals surface area (Å²) < 4.78 is 28.0. The summed E-state index contributed by atoms with van der Waals surface area (Å²) in [5.74, 6) is 0. The van der Waals surface area contributed by atoms with Crippen molar-refractivity contribution in [1.82, 2.24) is 10.0 Å². The van der Waals surface area contributed by atoms with Crippen molar-refractivity contribution >= 4 is 26.0 Å². The first kappa shape index (κ1) is 15.9. The van der Waals surface area contributed by atoms with Crippen LogP contribution in [0.1, 0.15) is 26.7 Å². The lowest BCUT2D eigenvalue weighted by Crippen LogP contribution is -2.52. The Balaban J connectivity index is 2.08. The molecule has 1 unspecified atom stereocenters. The van der Waals surface area contributed by atoms with Gasteiger partial charge >= 0.3 is 0 Å². The molecule has 1 aliphatic heterocycles. The Morgan fingerprint density at radius 3 is 2.75 bits per heavy atom. The van der Waals surface area contributed by atoms with Crippen LogP contribution < -0.4 is 10.0 Å². The summed E-state index contributed by atoms with van der Waals surface area (Å²) in [6, 6.07) is 7.02. The molecule has 6 heteroatoms. The van der Waals surface area contributed by atoms with Crippen molar-refractivity contribution in [2.24, 2.45) is 5.41 Å². The van der Waals surface area contributed by atoms with Gasteiger partial charge in [0.25, 0.3) is 0 Å². The standard InChI is InChI=1S/C14H21BrN2O2S/c1-14(2)8-5-9-16-13(14)10-17-20(18,19)12-7-4-3-6-11(12)15/h3-4,6-7,13,16-17H,5,8-10H2,1-2H3. The van der Waals surface area contributed by atoms with Gasteiger partial charge in [-0.1, -0.05) is 26.0 Å². The second-order valence-corrected chi connectivity index (χ2v) is 8.47. The van der Waals surface area contributed by atoms with Gasteiger partial charge in [0.1, 0.15) is 0 Å². The van der Waals surface area contributed by atoms with Crippen molar-refractivity contribution in [1.29, 1.82) is 0 Å². The van der Waals surface area contributed by atoms with E-state index in [1.165, 1.54) is 0 Å². The van der Waals surface area contributed by atoms with Crippen molar-refractivity contribution in [3.8, 4) is 0 Å². The van der Waals surface area contributed by atoms with E-state index in [0.29, 0.717) is 11.0 Å². The van der Waals surface area contributed by atoms with E-state index in [1.54, 1.807) is 24.3 Å². The Kier molecular flexibility index (Phi) is 4.89. The number of hydrogen-bond donors (Lipinski definition) is 2. The zero-order chi connectivity index (χ0) is 14.8. The van der Waals surface area contributed by atoms with Crippen LogP contribution in [-0.2, 0) is 10.0 Å². The maximum Gasteiger partial charge on any atom is 0.241 e. The molecule has 0 aromatic heterocycles. The average Bonchev–Trinajstić information content (AvgIpc) is 2.37. The van der Waals surface area contributed by atoms with Crippen LogP contribution in [0.25, 0.3) is 0 Å². The fraction of sp³-hybridized carbons (Fsp3) is 0.571. The monoisotopic (exact) mass is 360 g/mol. The molecule has 0 amide bonds. The van der Waals surface area contributed by atoms with Crippen molar-refractivity contribution in [3.63, 3.8) is 0 Å². The minimum atomic E-state index is -3.48. The second-order valence-electron chi connectivity index (χ2n) is 5.88. The molecular formula is C14H21BrN2O2S. The third-order valence-electron chi connectivity index (χ3n) is 3.94. The van der Waals surface area contributed by atoms with Crippen LogP contribution in [0.3, 0.4) is 0 Å². The molecular weight excluding hydrogens is 340 g/mol. The molecule has 0 aliphatic carbocycles. The van der Waals surface area contributed by atoms with Crippen LogP contribution >= 0.6 is 15.9 Å². The Morgan fingerprint density at radius 2 is 2.10 bits per heavy atom. The SMILES string of the molecule is CC1(C)CCCNC1CNS(=O)(=O)c1ccccc1Br. The lowest BCUT2D eigenvalue weighted by atomic mass is 9.78. The zero-order valence-electron chi connectivity index (χ0n) is 11.8. The Labute approximate surface area is 129 Å². The van der Waals surface area contributed by atoms with Gasteiger partial charge < -0.3 is 5.32 Å². The van der Waals surface area contributed by atoms with E-state index in [2.05, 4.69) is 39.8 Å². The highest BCUT2D eigenvalue weighted by molar-refractivity contribution is 9.10. The van der Waals surface area contributed by atoms with Gasteiger partial charge in [0.05, 0.1) is 4.90 Å². The summed E-state index contributed by atoms with van der Waals surface area (Å²) in [6.45, 7) is 5.72. The highest BCUT2D eigenvalue weighted by atomic mass is 79.9. The van der Waals surface area contributed by atoms with Gasteiger partial charge in [-0.25, -0.2) is 13.1 Å². The van der Waals surface area contributed by atoms with Crippen molar-refractivity contribution in [3.05, 3.63) is 28.7 Å². The number of halogens is 1. The molecule has 0 saturated carbocycles. The highest BCUT2D eigenvalue weighted by Gasteiger charge is 2.32. The number of hydrogen-bond acceptors (Lipinski definition) is 3. The third kappa shape index (κ3) is 3.61. The van der Waals surface area contributed by atoms with Crippen molar-refractivity contribution in [2.75, 3.05) is 13.1 Å². The van der Waals surface area contributed by atoms with Crippen molar-refractivity contribution in [2.45, 2.75) is 37.6 Å². The van der Waals surface area contributed by atoms with Crippen LogP contribution in [0, 0.1) is 5.41 Å². The molecule has 1 aromatic carbocycles. The molecule has 1 aliphatic rings. The normalized spacial score (nSPS) is 22.6. The topological polar surface area (TPSA) is 58.2 Å². The molecule has 4 nitrogen and oxygen atoms in total. The molecule has 2 N–H and O–H groups in total. The fourth-order valence-corrected chi connectivity index (χ4v) is 4.60. The van der Waals surface area contributed by atoms with Crippen LogP contribution in [0.4, 0.5) is 0 Å². The predicted molar refractivity (Wildman–Crippen MR) is 84.1 cm³/mol.